The van der Waals surface area contributed by atoms with Gasteiger partial charge >= 0.3 is 5.97 Å². The maximum Gasteiger partial charge on any atom is 0.313 e. The number of ether oxygens (including phenoxy) is 1. The van der Waals surface area contributed by atoms with Crippen LogP contribution in [0.3, 0.4) is 0 Å². The molecule has 1 unspecified atom stereocenters. The van der Waals surface area contributed by atoms with Crippen molar-refractivity contribution >= 4 is 17.5 Å². The summed E-state index contributed by atoms with van der Waals surface area (Å²) in [6.45, 7) is 4.48. The lowest BCUT2D eigenvalue weighted by atomic mass is 9.80. The molecule has 1 aliphatic heterocycles. The van der Waals surface area contributed by atoms with Crippen LogP contribution in [0.5, 0.6) is 0 Å². The Balaban J connectivity index is 1.94. The predicted octanol–water partition coefficient (Wildman–Crippen LogP) is 1.30. The molecule has 2 aromatic heterocycles. The number of carbonyl (C=O) groups excluding carboxylic acids is 1. The third-order valence-corrected chi connectivity index (χ3v) is 4.75. The summed E-state index contributed by atoms with van der Waals surface area (Å²) in [6, 6.07) is 1.89. The fraction of sp³-hybridized carbons (Fsp3) is 0.529. The van der Waals surface area contributed by atoms with Crippen molar-refractivity contribution in [1.82, 2.24) is 19.5 Å². The molecular weight excluding hydrogens is 324 g/mol. The molecule has 0 spiro atoms. The molecule has 2 aromatic rings. The second-order valence-corrected chi connectivity index (χ2v) is 6.68. The maximum atomic E-state index is 13.0. The van der Waals surface area contributed by atoms with Gasteiger partial charge in [0.2, 0.25) is 0 Å². The number of aliphatic carboxylic acids is 1. The highest BCUT2D eigenvalue weighted by atomic mass is 16.5. The summed E-state index contributed by atoms with van der Waals surface area (Å²) in [5.74, 6) is -1.18. The second kappa shape index (κ2) is 6.44. The molecule has 8 nitrogen and oxygen atoms in total. The van der Waals surface area contributed by atoms with Gasteiger partial charge in [-0.15, -0.1) is 0 Å². The number of fused-ring (bicyclic) bond motifs is 1. The van der Waals surface area contributed by atoms with Gasteiger partial charge in [-0.1, -0.05) is 0 Å². The van der Waals surface area contributed by atoms with Gasteiger partial charge in [0.1, 0.15) is 11.0 Å². The van der Waals surface area contributed by atoms with E-state index in [-0.39, 0.29) is 19.1 Å². The molecular formula is C17H22N4O4. The quantitative estimate of drug-likeness (QED) is 0.896. The molecule has 25 heavy (non-hydrogen) atoms. The zero-order chi connectivity index (χ0) is 18.2. The normalized spacial score (nSPS) is 20.8. The van der Waals surface area contributed by atoms with Gasteiger partial charge < -0.3 is 14.7 Å². The minimum absolute atomic E-state index is 0.0807. The van der Waals surface area contributed by atoms with E-state index in [0.29, 0.717) is 30.6 Å². The molecule has 1 fully saturated rings. The van der Waals surface area contributed by atoms with E-state index in [2.05, 4.69) is 10.1 Å². The number of nitrogens with zero attached hydrogens (tertiary/aromatic N) is 4. The average molecular weight is 346 g/mol. The summed E-state index contributed by atoms with van der Waals surface area (Å²) >= 11 is 0. The van der Waals surface area contributed by atoms with Crippen molar-refractivity contribution in [2.45, 2.75) is 26.7 Å². The number of piperidine rings is 1. The third-order valence-electron chi connectivity index (χ3n) is 4.75. The highest BCUT2D eigenvalue weighted by Crippen LogP contribution is 2.32. The minimum Gasteiger partial charge on any atom is -0.481 e. The van der Waals surface area contributed by atoms with Gasteiger partial charge in [-0.25, -0.2) is 9.50 Å². The van der Waals surface area contributed by atoms with E-state index < -0.39 is 11.4 Å². The van der Waals surface area contributed by atoms with Crippen LogP contribution in [0.15, 0.2) is 12.3 Å². The number of amides is 1. The first-order valence-corrected chi connectivity index (χ1v) is 8.21. The summed E-state index contributed by atoms with van der Waals surface area (Å²) in [5, 5.41) is 13.9. The van der Waals surface area contributed by atoms with Crippen LogP contribution in [0.1, 0.15) is 34.6 Å². The lowest BCUT2D eigenvalue weighted by molar-refractivity contribution is -0.155. The van der Waals surface area contributed by atoms with E-state index >= 15 is 0 Å². The number of hydrogen-bond donors (Lipinski definition) is 1. The SMILES string of the molecule is COCC1(C(=O)O)CCCN(C(=O)c2cnn3c(C)cc(C)nc23)C1. The van der Waals surface area contributed by atoms with Crippen molar-refractivity contribution in [3.8, 4) is 0 Å². The topological polar surface area (TPSA) is 97.0 Å². The van der Waals surface area contributed by atoms with Crippen molar-refractivity contribution in [3.63, 3.8) is 0 Å². The first kappa shape index (κ1) is 17.3. The number of carboxylic acids is 1. The Morgan fingerprint density at radius 2 is 2.16 bits per heavy atom. The Morgan fingerprint density at radius 1 is 1.40 bits per heavy atom. The van der Waals surface area contributed by atoms with E-state index in [0.717, 1.165) is 11.4 Å². The lowest BCUT2D eigenvalue weighted by Crippen LogP contribution is -2.52. The summed E-state index contributed by atoms with van der Waals surface area (Å²) in [7, 11) is 1.48. The highest BCUT2D eigenvalue weighted by Gasteiger charge is 2.44. The van der Waals surface area contributed by atoms with Crippen LogP contribution in [0.25, 0.3) is 5.65 Å². The van der Waals surface area contributed by atoms with Crippen molar-refractivity contribution < 1.29 is 19.4 Å². The number of methoxy groups -OCH3 is 1. The summed E-state index contributed by atoms with van der Waals surface area (Å²) in [5.41, 5.74) is 1.52. The molecule has 0 aromatic carbocycles. The fourth-order valence-corrected chi connectivity index (χ4v) is 3.53. The highest BCUT2D eigenvalue weighted by molar-refractivity contribution is 6.00. The summed E-state index contributed by atoms with van der Waals surface area (Å²) < 4.78 is 6.75. The second-order valence-electron chi connectivity index (χ2n) is 6.68. The smallest absolute Gasteiger partial charge is 0.313 e. The van der Waals surface area contributed by atoms with Crippen LogP contribution in [0, 0.1) is 19.3 Å². The predicted molar refractivity (Wildman–Crippen MR) is 89.5 cm³/mol. The number of carbonyl (C=O) groups is 2. The lowest BCUT2D eigenvalue weighted by Gasteiger charge is -2.39. The first-order valence-electron chi connectivity index (χ1n) is 8.21. The number of likely N-dealkylation sites (tertiary alicyclic amines) is 1. The number of carboxylic acid groups (broad SMARTS) is 1. The fourth-order valence-electron chi connectivity index (χ4n) is 3.53. The number of hydrogen-bond acceptors (Lipinski definition) is 5. The zero-order valence-electron chi connectivity index (χ0n) is 14.7. The number of aromatic nitrogens is 3. The zero-order valence-corrected chi connectivity index (χ0v) is 14.7. The number of rotatable bonds is 4. The monoisotopic (exact) mass is 346 g/mol. The van der Waals surface area contributed by atoms with Gasteiger partial charge in [0, 0.05) is 31.6 Å². The molecule has 0 radical (unpaired) electrons. The maximum absolute atomic E-state index is 13.0. The largest absolute Gasteiger partial charge is 0.481 e. The van der Waals surface area contributed by atoms with Gasteiger partial charge in [-0.2, -0.15) is 5.10 Å². The van der Waals surface area contributed by atoms with Gasteiger partial charge in [-0.05, 0) is 32.8 Å². The van der Waals surface area contributed by atoms with Crippen LogP contribution in [-0.4, -0.2) is 63.3 Å². The van der Waals surface area contributed by atoms with E-state index in [1.54, 1.807) is 9.42 Å². The molecule has 134 valence electrons. The van der Waals surface area contributed by atoms with Gasteiger partial charge in [0.05, 0.1) is 12.8 Å². The molecule has 0 bridgehead atoms. The molecule has 3 heterocycles. The average Bonchev–Trinajstić information content (AvgIpc) is 2.98. The Hall–Kier alpha value is -2.48. The third kappa shape index (κ3) is 2.97. The molecule has 0 saturated carbocycles. The molecule has 1 amide bonds. The Kier molecular flexibility index (Phi) is 4.47. The van der Waals surface area contributed by atoms with Gasteiger partial charge in [-0.3, -0.25) is 9.59 Å². The molecule has 8 heteroatoms. The van der Waals surface area contributed by atoms with E-state index in [9.17, 15) is 14.7 Å². The molecule has 1 saturated heterocycles. The van der Waals surface area contributed by atoms with Crippen LogP contribution in [-0.2, 0) is 9.53 Å². The van der Waals surface area contributed by atoms with Crippen LogP contribution < -0.4 is 0 Å². The summed E-state index contributed by atoms with van der Waals surface area (Å²) in [4.78, 5) is 30.8. The Morgan fingerprint density at radius 3 is 2.84 bits per heavy atom. The van der Waals surface area contributed by atoms with Crippen LogP contribution >= 0.6 is 0 Å². The summed E-state index contributed by atoms with van der Waals surface area (Å²) in [6.07, 6.45) is 2.61. The van der Waals surface area contributed by atoms with E-state index in [4.69, 9.17) is 4.74 Å². The molecule has 1 aliphatic rings. The Bertz CT molecular complexity index is 827. The molecule has 0 aliphatic carbocycles. The van der Waals surface area contributed by atoms with Crippen LogP contribution in [0.4, 0.5) is 0 Å². The van der Waals surface area contributed by atoms with Crippen molar-refractivity contribution in [3.05, 3.63) is 29.2 Å². The van der Waals surface area contributed by atoms with E-state index in [1.807, 2.05) is 19.9 Å². The minimum atomic E-state index is -1.06. The van der Waals surface area contributed by atoms with Gasteiger partial charge in [0.15, 0.2) is 5.65 Å². The van der Waals surface area contributed by atoms with Crippen molar-refractivity contribution in [1.29, 1.82) is 0 Å². The molecule has 3 rings (SSSR count). The first-order chi connectivity index (χ1) is 11.9. The van der Waals surface area contributed by atoms with Gasteiger partial charge in [0.25, 0.3) is 5.91 Å². The standard InChI is InChI=1S/C17H22N4O4/c1-11-7-12(2)21-14(19-11)13(8-18-21)15(22)20-6-4-5-17(9-20,10-25-3)16(23)24/h7-8H,4-6,9-10H2,1-3H3,(H,23,24). The number of aryl methyl sites for hydroxylation is 2. The molecule has 1 N–H and O–H groups in total. The van der Waals surface area contributed by atoms with Crippen molar-refractivity contribution in [2.75, 3.05) is 26.8 Å². The Labute approximate surface area is 145 Å². The van der Waals surface area contributed by atoms with Crippen molar-refractivity contribution in [2.24, 2.45) is 5.41 Å². The van der Waals surface area contributed by atoms with E-state index in [1.165, 1.54) is 13.3 Å². The molecule has 1 atom stereocenters. The van der Waals surface area contributed by atoms with Crippen LogP contribution in [0.2, 0.25) is 0 Å².